The number of piperidine rings is 1. The third-order valence-corrected chi connectivity index (χ3v) is 3.29. The molecule has 1 aliphatic rings. The minimum absolute atomic E-state index is 0.412. The zero-order valence-corrected chi connectivity index (χ0v) is 10.4. The van der Waals surface area contributed by atoms with Crippen LogP contribution in [-0.4, -0.2) is 36.3 Å². The van der Waals surface area contributed by atoms with Gasteiger partial charge in [0.2, 0.25) is 0 Å². The van der Waals surface area contributed by atoms with Crippen LogP contribution in [0.3, 0.4) is 0 Å². The van der Waals surface area contributed by atoms with Gasteiger partial charge in [0.15, 0.2) is 5.76 Å². The molecule has 2 heterocycles. The fraction of sp³-hybridized carbons (Fsp3) is 0.750. The maximum absolute atomic E-state index is 5.67. The second kappa shape index (κ2) is 6.14. The van der Waals surface area contributed by atoms with Crippen molar-refractivity contribution in [3.05, 3.63) is 17.5 Å². The molecule has 17 heavy (non-hydrogen) atoms. The molecular formula is C12H21N3O2. The van der Waals surface area contributed by atoms with E-state index in [1.165, 1.54) is 25.8 Å². The highest BCUT2D eigenvalue weighted by molar-refractivity contribution is 5.03. The summed E-state index contributed by atoms with van der Waals surface area (Å²) in [5.41, 5.74) is 6.23. The van der Waals surface area contributed by atoms with Crippen LogP contribution in [0.15, 0.2) is 10.6 Å². The first-order chi connectivity index (χ1) is 8.29. The van der Waals surface area contributed by atoms with Crippen molar-refractivity contribution in [1.82, 2.24) is 10.1 Å². The highest BCUT2D eigenvalue weighted by Crippen LogP contribution is 2.15. The van der Waals surface area contributed by atoms with E-state index in [9.17, 15) is 0 Å². The van der Waals surface area contributed by atoms with Crippen molar-refractivity contribution in [2.24, 2.45) is 5.73 Å². The van der Waals surface area contributed by atoms with E-state index in [1.807, 2.05) is 6.07 Å². The number of likely N-dealkylation sites (N-methyl/N-ethyl adjacent to an activating group) is 1. The number of nitrogens with zero attached hydrogens (tertiary/aromatic N) is 2. The second-order valence-corrected chi connectivity index (χ2v) is 4.63. The molecule has 0 amide bonds. The maximum Gasteiger partial charge on any atom is 0.162 e. The van der Waals surface area contributed by atoms with Gasteiger partial charge in [-0.1, -0.05) is 11.6 Å². The average molecular weight is 239 g/mol. The molecule has 0 saturated carbocycles. The number of ether oxygens (including phenoxy) is 1. The van der Waals surface area contributed by atoms with Gasteiger partial charge < -0.3 is 19.9 Å². The van der Waals surface area contributed by atoms with Gasteiger partial charge in [-0.2, -0.15) is 0 Å². The Bertz CT molecular complexity index is 340. The molecule has 1 aliphatic heterocycles. The Morgan fingerprint density at radius 1 is 1.59 bits per heavy atom. The predicted molar refractivity (Wildman–Crippen MR) is 64.3 cm³/mol. The lowest BCUT2D eigenvalue weighted by Crippen LogP contribution is -2.39. The van der Waals surface area contributed by atoms with Crippen LogP contribution in [-0.2, 0) is 17.9 Å². The summed E-state index contributed by atoms with van der Waals surface area (Å²) in [6, 6.07) is 2.39. The molecule has 0 radical (unpaired) electrons. The van der Waals surface area contributed by atoms with E-state index >= 15 is 0 Å². The van der Waals surface area contributed by atoms with Gasteiger partial charge in [0.1, 0.15) is 6.61 Å². The van der Waals surface area contributed by atoms with Gasteiger partial charge in [-0.3, -0.25) is 0 Å². The molecule has 2 rings (SSSR count). The molecule has 0 spiro atoms. The van der Waals surface area contributed by atoms with Gasteiger partial charge in [0, 0.05) is 18.7 Å². The summed E-state index contributed by atoms with van der Waals surface area (Å²) in [4.78, 5) is 2.37. The Kier molecular flexibility index (Phi) is 4.53. The summed E-state index contributed by atoms with van der Waals surface area (Å²) in [6.07, 6.45) is 3.83. The first kappa shape index (κ1) is 12.5. The molecule has 2 N–H and O–H groups in total. The number of hydrogen-bond donors (Lipinski definition) is 1. The van der Waals surface area contributed by atoms with Crippen molar-refractivity contribution in [3.63, 3.8) is 0 Å². The SMILES string of the molecule is CN1CCCCC1COCc1cc(CN)no1. The minimum atomic E-state index is 0.412. The standard InChI is InChI=1S/C12H21N3O2/c1-15-5-3-2-4-11(15)8-16-9-12-6-10(7-13)14-17-12/h6,11H,2-5,7-9,13H2,1H3. The molecule has 0 aromatic carbocycles. The van der Waals surface area contributed by atoms with Crippen molar-refractivity contribution >= 4 is 0 Å². The van der Waals surface area contributed by atoms with Gasteiger partial charge in [-0.25, -0.2) is 0 Å². The van der Waals surface area contributed by atoms with Crippen molar-refractivity contribution < 1.29 is 9.26 Å². The molecule has 1 unspecified atom stereocenters. The van der Waals surface area contributed by atoms with Crippen LogP contribution >= 0.6 is 0 Å². The van der Waals surface area contributed by atoms with E-state index in [0.29, 0.717) is 19.2 Å². The molecular weight excluding hydrogens is 218 g/mol. The van der Waals surface area contributed by atoms with Crippen LogP contribution in [0.1, 0.15) is 30.7 Å². The second-order valence-electron chi connectivity index (χ2n) is 4.63. The number of likely N-dealkylation sites (tertiary alicyclic amines) is 1. The number of rotatable bonds is 5. The third kappa shape index (κ3) is 3.52. The van der Waals surface area contributed by atoms with E-state index in [0.717, 1.165) is 18.1 Å². The molecule has 1 aromatic heterocycles. The third-order valence-electron chi connectivity index (χ3n) is 3.29. The molecule has 0 aliphatic carbocycles. The van der Waals surface area contributed by atoms with Gasteiger partial charge in [0.05, 0.1) is 12.3 Å². The summed E-state index contributed by atoms with van der Waals surface area (Å²) in [5.74, 6) is 0.754. The fourth-order valence-corrected chi connectivity index (χ4v) is 2.17. The number of nitrogens with two attached hydrogens (primary N) is 1. The Balaban J connectivity index is 1.71. The minimum Gasteiger partial charge on any atom is -0.372 e. The molecule has 1 fully saturated rings. The molecule has 0 bridgehead atoms. The van der Waals surface area contributed by atoms with Crippen molar-refractivity contribution in [3.8, 4) is 0 Å². The fourth-order valence-electron chi connectivity index (χ4n) is 2.17. The predicted octanol–water partition coefficient (Wildman–Crippen LogP) is 1.13. The molecule has 1 aromatic rings. The summed E-state index contributed by atoms with van der Waals surface area (Å²) >= 11 is 0. The Morgan fingerprint density at radius 3 is 3.18 bits per heavy atom. The lowest BCUT2D eigenvalue weighted by atomic mass is 10.0. The summed E-state index contributed by atoms with van der Waals surface area (Å²) < 4.78 is 10.8. The van der Waals surface area contributed by atoms with E-state index in [4.69, 9.17) is 15.0 Å². The van der Waals surface area contributed by atoms with Gasteiger partial charge >= 0.3 is 0 Å². The van der Waals surface area contributed by atoms with Crippen LogP contribution in [0.2, 0.25) is 0 Å². The van der Waals surface area contributed by atoms with Crippen LogP contribution in [0.25, 0.3) is 0 Å². The molecule has 5 heteroatoms. The van der Waals surface area contributed by atoms with Crippen LogP contribution < -0.4 is 5.73 Å². The largest absolute Gasteiger partial charge is 0.372 e. The molecule has 1 atom stereocenters. The van der Waals surface area contributed by atoms with E-state index in [1.54, 1.807) is 0 Å². The Morgan fingerprint density at radius 2 is 2.47 bits per heavy atom. The highest BCUT2D eigenvalue weighted by Gasteiger charge is 2.18. The monoisotopic (exact) mass is 239 g/mol. The van der Waals surface area contributed by atoms with Crippen molar-refractivity contribution in [2.45, 2.75) is 38.5 Å². The van der Waals surface area contributed by atoms with Crippen molar-refractivity contribution in [1.29, 1.82) is 0 Å². The van der Waals surface area contributed by atoms with Crippen LogP contribution in [0.5, 0.6) is 0 Å². The smallest absolute Gasteiger partial charge is 0.162 e. The number of hydrogen-bond acceptors (Lipinski definition) is 5. The summed E-state index contributed by atoms with van der Waals surface area (Å²) in [7, 11) is 2.16. The summed E-state index contributed by atoms with van der Waals surface area (Å²) in [5, 5.41) is 3.82. The van der Waals surface area contributed by atoms with Gasteiger partial charge in [-0.15, -0.1) is 0 Å². The van der Waals surface area contributed by atoms with Crippen LogP contribution in [0.4, 0.5) is 0 Å². The van der Waals surface area contributed by atoms with Gasteiger partial charge in [-0.05, 0) is 26.4 Å². The number of aromatic nitrogens is 1. The zero-order chi connectivity index (χ0) is 12.1. The first-order valence-corrected chi connectivity index (χ1v) is 6.22. The van der Waals surface area contributed by atoms with Gasteiger partial charge in [0.25, 0.3) is 0 Å². The highest BCUT2D eigenvalue weighted by atomic mass is 16.5. The molecule has 5 nitrogen and oxygen atoms in total. The normalized spacial score (nSPS) is 21.9. The average Bonchev–Trinajstić information content (AvgIpc) is 2.80. The Labute approximate surface area is 102 Å². The summed E-state index contributed by atoms with van der Waals surface area (Å²) in [6.45, 7) is 2.83. The first-order valence-electron chi connectivity index (χ1n) is 6.22. The lowest BCUT2D eigenvalue weighted by Gasteiger charge is -2.31. The van der Waals surface area contributed by atoms with Crippen LogP contribution in [0, 0.1) is 0 Å². The molecule has 96 valence electrons. The zero-order valence-electron chi connectivity index (χ0n) is 10.4. The quantitative estimate of drug-likeness (QED) is 0.834. The van der Waals surface area contributed by atoms with E-state index < -0.39 is 0 Å². The lowest BCUT2D eigenvalue weighted by molar-refractivity contribution is 0.0354. The van der Waals surface area contributed by atoms with E-state index in [2.05, 4.69) is 17.1 Å². The topological polar surface area (TPSA) is 64.5 Å². The van der Waals surface area contributed by atoms with E-state index in [-0.39, 0.29) is 0 Å². The maximum atomic E-state index is 5.67. The molecule has 1 saturated heterocycles. The van der Waals surface area contributed by atoms with Crippen molar-refractivity contribution in [2.75, 3.05) is 20.2 Å². The Hall–Kier alpha value is -0.910.